The van der Waals surface area contributed by atoms with Crippen LogP contribution in [0.2, 0.25) is 0 Å². The summed E-state index contributed by atoms with van der Waals surface area (Å²) < 4.78 is 6.06. The van der Waals surface area contributed by atoms with Crippen molar-refractivity contribution in [2.24, 2.45) is 46.3 Å². The van der Waals surface area contributed by atoms with E-state index in [9.17, 15) is 4.79 Å². The van der Waals surface area contributed by atoms with E-state index in [0.717, 1.165) is 54.8 Å². The van der Waals surface area contributed by atoms with Crippen molar-refractivity contribution in [3.63, 3.8) is 0 Å². The third kappa shape index (κ3) is 7.17. The molecule has 39 heavy (non-hydrogen) atoms. The summed E-state index contributed by atoms with van der Waals surface area (Å²) in [6.45, 7) is 14.9. The Balaban J connectivity index is 1.29. The van der Waals surface area contributed by atoms with E-state index in [1.165, 1.54) is 96.3 Å². The number of rotatable bonds is 14. The van der Waals surface area contributed by atoms with Crippen molar-refractivity contribution in [1.29, 1.82) is 0 Å². The number of unbranched alkanes of at least 4 members (excludes halogenated alkanes) is 6. The molecule has 0 aromatic rings. The average molecular weight is 541 g/mol. The third-order valence-electron chi connectivity index (χ3n) is 12.5. The van der Waals surface area contributed by atoms with Gasteiger partial charge in [0.2, 0.25) is 0 Å². The van der Waals surface area contributed by atoms with Gasteiger partial charge in [-0.25, -0.2) is 0 Å². The van der Waals surface area contributed by atoms with Gasteiger partial charge in [-0.3, -0.25) is 4.79 Å². The predicted octanol–water partition coefficient (Wildman–Crippen LogP) is 11.1. The van der Waals surface area contributed by atoms with Gasteiger partial charge in [-0.2, -0.15) is 0 Å². The first-order chi connectivity index (χ1) is 18.7. The van der Waals surface area contributed by atoms with Gasteiger partial charge in [-0.05, 0) is 97.7 Å². The van der Waals surface area contributed by atoms with Crippen molar-refractivity contribution in [3.8, 4) is 0 Å². The van der Waals surface area contributed by atoms with Gasteiger partial charge in [-0.15, -0.1) is 0 Å². The fraction of sp³-hybridized carbons (Fsp3) is 0.919. The lowest BCUT2D eigenvalue weighted by Gasteiger charge is -2.58. The lowest BCUT2D eigenvalue weighted by atomic mass is 9.47. The Morgan fingerprint density at radius 3 is 2.38 bits per heavy atom. The van der Waals surface area contributed by atoms with Crippen molar-refractivity contribution in [2.75, 3.05) is 0 Å². The highest BCUT2D eigenvalue weighted by atomic mass is 16.5. The maximum Gasteiger partial charge on any atom is 0.306 e. The molecule has 8 atom stereocenters. The predicted molar refractivity (Wildman–Crippen MR) is 166 cm³/mol. The quantitative estimate of drug-likeness (QED) is 0.124. The molecule has 224 valence electrons. The van der Waals surface area contributed by atoms with Crippen LogP contribution in [0.1, 0.15) is 164 Å². The Morgan fingerprint density at radius 1 is 0.897 bits per heavy atom. The van der Waals surface area contributed by atoms with Gasteiger partial charge in [0.05, 0.1) is 0 Å². The Kier molecular flexibility index (Phi) is 11.1. The molecule has 4 aliphatic carbocycles. The van der Waals surface area contributed by atoms with Gasteiger partial charge in [0, 0.05) is 12.8 Å². The van der Waals surface area contributed by atoms with E-state index in [-0.39, 0.29) is 12.1 Å². The molecule has 0 bridgehead atoms. The van der Waals surface area contributed by atoms with E-state index in [2.05, 4.69) is 47.6 Å². The van der Waals surface area contributed by atoms with Crippen molar-refractivity contribution < 1.29 is 9.53 Å². The number of hydrogen-bond donors (Lipinski definition) is 0. The van der Waals surface area contributed by atoms with E-state index in [4.69, 9.17) is 4.74 Å². The number of esters is 1. The normalized spacial score (nSPS) is 36.6. The monoisotopic (exact) mass is 540 g/mol. The summed E-state index contributed by atoms with van der Waals surface area (Å²) in [4.78, 5) is 12.6. The second-order valence-corrected chi connectivity index (χ2v) is 15.5. The molecule has 0 saturated heterocycles. The zero-order chi connectivity index (χ0) is 28.0. The van der Waals surface area contributed by atoms with Crippen LogP contribution in [0.25, 0.3) is 0 Å². The minimum atomic E-state index is 0.0550. The van der Waals surface area contributed by atoms with E-state index >= 15 is 0 Å². The summed E-state index contributed by atoms with van der Waals surface area (Å²) in [6, 6.07) is 0. The summed E-state index contributed by atoms with van der Waals surface area (Å²) >= 11 is 0. The minimum Gasteiger partial charge on any atom is -0.462 e. The van der Waals surface area contributed by atoms with E-state index in [1.54, 1.807) is 5.57 Å². The molecular formula is C37H64O2. The first kappa shape index (κ1) is 31.2. The maximum atomic E-state index is 12.6. The van der Waals surface area contributed by atoms with Crippen LogP contribution in [0, 0.1) is 46.3 Å². The molecular weight excluding hydrogens is 476 g/mol. The molecule has 2 heteroatoms. The van der Waals surface area contributed by atoms with Crippen molar-refractivity contribution in [1.82, 2.24) is 0 Å². The van der Waals surface area contributed by atoms with Crippen LogP contribution >= 0.6 is 0 Å². The van der Waals surface area contributed by atoms with E-state index in [0.29, 0.717) is 17.3 Å². The van der Waals surface area contributed by atoms with Crippen LogP contribution in [-0.4, -0.2) is 12.1 Å². The zero-order valence-electron chi connectivity index (χ0n) is 26.9. The lowest BCUT2D eigenvalue weighted by Crippen LogP contribution is -2.51. The lowest BCUT2D eigenvalue weighted by molar-refractivity contribution is -0.151. The van der Waals surface area contributed by atoms with Crippen LogP contribution in [0.4, 0.5) is 0 Å². The van der Waals surface area contributed by atoms with Gasteiger partial charge >= 0.3 is 5.97 Å². The molecule has 0 unspecified atom stereocenters. The molecule has 0 aliphatic heterocycles. The molecule has 4 rings (SSSR count). The molecule has 0 heterocycles. The summed E-state index contributed by atoms with van der Waals surface area (Å²) in [5.41, 5.74) is 2.54. The highest BCUT2D eigenvalue weighted by Gasteiger charge is 2.59. The van der Waals surface area contributed by atoms with Crippen LogP contribution < -0.4 is 0 Å². The van der Waals surface area contributed by atoms with E-state index in [1.807, 2.05) is 0 Å². The zero-order valence-corrected chi connectivity index (χ0v) is 26.9. The van der Waals surface area contributed by atoms with Gasteiger partial charge in [0.1, 0.15) is 6.10 Å². The standard InChI is InChI=1S/C37H64O2/c1-7-8-9-10-11-12-13-17-35(38)39-30-22-24-36(5)29(26-30)18-19-31-33-21-20-32(28(4)16-14-15-27(2)3)37(33,6)25-23-34(31)36/h18,27-28,30-34H,7-17,19-26H2,1-6H3/t28-,30+,31-,32+,33-,34-,36-,37+/m0/s1. The fourth-order valence-corrected chi connectivity index (χ4v) is 10.2. The topological polar surface area (TPSA) is 26.3 Å². The van der Waals surface area contributed by atoms with Crippen molar-refractivity contribution >= 4 is 5.97 Å². The number of ether oxygens (including phenoxy) is 1. The van der Waals surface area contributed by atoms with Crippen molar-refractivity contribution in [3.05, 3.63) is 11.6 Å². The van der Waals surface area contributed by atoms with Crippen LogP contribution in [0.3, 0.4) is 0 Å². The van der Waals surface area contributed by atoms with Crippen LogP contribution in [-0.2, 0) is 9.53 Å². The fourth-order valence-electron chi connectivity index (χ4n) is 10.2. The van der Waals surface area contributed by atoms with Gasteiger partial charge in [0.25, 0.3) is 0 Å². The molecule has 0 aromatic carbocycles. The minimum absolute atomic E-state index is 0.0550. The Bertz CT molecular complexity index is 812. The van der Waals surface area contributed by atoms with Crippen LogP contribution in [0.5, 0.6) is 0 Å². The Labute approximate surface area is 242 Å². The number of hydrogen-bond acceptors (Lipinski definition) is 2. The first-order valence-corrected chi connectivity index (χ1v) is 17.6. The number of allylic oxidation sites excluding steroid dienone is 1. The van der Waals surface area contributed by atoms with Gasteiger partial charge in [0.15, 0.2) is 0 Å². The van der Waals surface area contributed by atoms with Crippen molar-refractivity contribution in [2.45, 2.75) is 170 Å². The molecule has 3 saturated carbocycles. The Morgan fingerprint density at radius 2 is 1.64 bits per heavy atom. The average Bonchev–Trinajstić information content (AvgIpc) is 3.25. The maximum absolute atomic E-state index is 12.6. The summed E-state index contributed by atoms with van der Waals surface area (Å²) in [5, 5.41) is 0. The molecule has 3 fully saturated rings. The molecule has 0 radical (unpaired) electrons. The SMILES string of the molecule is CCCCCCCCCC(=O)O[C@@H]1CC[C@@]2(C)C(=CC[C@H]3[C@@H]4CC[C@H]([C@@H](C)CCCC(C)C)[C@@]4(C)CC[C@@H]32)C1. The second kappa shape index (κ2) is 13.9. The Hall–Kier alpha value is -0.790. The third-order valence-corrected chi connectivity index (χ3v) is 12.5. The summed E-state index contributed by atoms with van der Waals surface area (Å²) in [6.07, 6.45) is 26.7. The molecule has 2 nitrogen and oxygen atoms in total. The van der Waals surface area contributed by atoms with Gasteiger partial charge in [-0.1, -0.05) is 111 Å². The molecule has 0 N–H and O–H groups in total. The number of carbonyl (C=O) groups is 1. The first-order valence-electron chi connectivity index (χ1n) is 17.6. The molecule has 0 spiro atoms. The number of fused-ring (bicyclic) bond motifs is 5. The highest BCUT2D eigenvalue weighted by molar-refractivity contribution is 5.69. The van der Waals surface area contributed by atoms with E-state index < -0.39 is 0 Å². The number of carbonyl (C=O) groups excluding carboxylic acids is 1. The van der Waals surface area contributed by atoms with Gasteiger partial charge < -0.3 is 4.74 Å². The molecule has 0 amide bonds. The largest absolute Gasteiger partial charge is 0.462 e. The highest BCUT2D eigenvalue weighted by Crippen LogP contribution is 2.67. The summed E-state index contributed by atoms with van der Waals surface area (Å²) in [7, 11) is 0. The molecule has 4 aliphatic rings. The molecule has 0 aromatic heterocycles. The van der Waals surface area contributed by atoms with Crippen LogP contribution in [0.15, 0.2) is 11.6 Å². The second-order valence-electron chi connectivity index (χ2n) is 15.5. The summed E-state index contributed by atoms with van der Waals surface area (Å²) in [5.74, 6) is 5.34. The smallest absolute Gasteiger partial charge is 0.306 e.